The lowest BCUT2D eigenvalue weighted by Gasteiger charge is -2.06. The van der Waals surface area contributed by atoms with Gasteiger partial charge in [0.25, 0.3) is 0 Å². The van der Waals surface area contributed by atoms with Crippen LogP contribution in [0.15, 0.2) is 30.3 Å². The van der Waals surface area contributed by atoms with Crippen LogP contribution in [0.4, 0.5) is 0 Å². The van der Waals surface area contributed by atoms with Gasteiger partial charge in [-0.3, -0.25) is 5.10 Å². The Morgan fingerprint density at radius 3 is 2.88 bits per heavy atom. The van der Waals surface area contributed by atoms with Gasteiger partial charge < -0.3 is 9.84 Å². The lowest BCUT2D eigenvalue weighted by atomic mass is 10.1. The minimum atomic E-state index is -1.03. The Labute approximate surface area is 98.0 Å². The lowest BCUT2D eigenvalue weighted by Crippen LogP contribution is -1.95. The molecule has 88 valence electrons. The number of aromatic carboxylic acids is 1. The fraction of sp³-hybridized carbons (Fsp3) is 0.167. The molecule has 0 saturated carbocycles. The lowest BCUT2D eigenvalue weighted by molar-refractivity contribution is 0.0690. The van der Waals surface area contributed by atoms with Gasteiger partial charge in [0, 0.05) is 17.7 Å². The normalized spacial score (nSPS) is 10.2. The van der Waals surface area contributed by atoms with Crippen molar-refractivity contribution >= 4 is 5.97 Å². The first-order chi connectivity index (χ1) is 8.20. The van der Waals surface area contributed by atoms with Gasteiger partial charge in [0.2, 0.25) is 0 Å². The van der Waals surface area contributed by atoms with Crippen LogP contribution in [0.5, 0.6) is 5.75 Å². The number of ether oxygens (including phenoxy) is 1. The molecule has 1 heterocycles. The van der Waals surface area contributed by atoms with E-state index in [4.69, 9.17) is 9.84 Å². The van der Waals surface area contributed by atoms with Gasteiger partial charge in [-0.2, -0.15) is 5.10 Å². The number of carbonyl (C=O) groups is 1. The molecule has 0 aliphatic carbocycles. The molecule has 5 nitrogen and oxygen atoms in total. The Bertz CT molecular complexity index is 534. The highest BCUT2D eigenvalue weighted by Gasteiger charge is 2.10. The summed E-state index contributed by atoms with van der Waals surface area (Å²) in [7, 11) is 1.61. The average Bonchev–Trinajstić information content (AvgIpc) is 2.78. The van der Waals surface area contributed by atoms with E-state index >= 15 is 0 Å². The van der Waals surface area contributed by atoms with Crippen LogP contribution in [0.3, 0.4) is 0 Å². The monoisotopic (exact) mass is 232 g/mol. The molecule has 0 radical (unpaired) electrons. The number of aromatic amines is 1. The smallest absolute Gasteiger partial charge is 0.356 e. The molecule has 0 aliphatic heterocycles. The number of nitrogens with zero attached hydrogens (tertiary/aromatic N) is 1. The zero-order valence-electron chi connectivity index (χ0n) is 9.30. The maximum absolute atomic E-state index is 10.7. The average molecular weight is 232 g/mol. The minimum absolute atomic E-state index is 0.0231. The van der Waals surface area contributed by atoms with E-state index in [1.807, 2.05) is 24.3 Å². The first-order valence-electron chi connectivity index (χ1n) is 5.10. The van der Waals surface area contributed by atoms with Crippen molar-refractivity contribution in [3.05, 3.63) is 47.3 Å². The highest BCUT2D eigenvalue weighted by atomic mass is 16.5. The van der Waals surface area contributed by atoms with Crippen molar-refractivity contribution in [2.75, 3.05) is 7.11 Å². The number of aromatic nitrogens is 2. The number of nitrogens with one attached hydrogen (secondary N) is 1. The topological polar surface area (TPSA) is 75.2 Å². The summed E-state index contributed by atoms with van der Waals surface area (Å²) in [5.41, 5.74) is 1.75. The van der Waals surface area contributed by atoms with Crippen LogP contribution in [-0.4, -0.2) is 28.4 Å². The fourth-order valence-corrected chi connectivity index (χ4v) is 1.62. The molecule has 5 heteroatoms. The molecular formula is C12H12N2O3. The Balaban J connectivity index is 2.22. The number of H-pyrrole nitrogens is 1. The summed E-state index contributed by atoms with van der Waals surface area (Å²) in [6, 6.07) is 9.11. The van der Waals surface area contributed by atoms with Crippen LogP contribution in [0.1, 0.15) is 21.7 Å². The van der Waals surface area contributed by atoms with Crippen molar-refractivity contribution in [1.29, 1.82) is 0 Å². The molecule has 0 bridgehead atoms. The molecule has 17 heavy (non-hydrogen) atoms. The summed E-state index contributed by atoms with van der Waals surface area (Å²) in [6.45, 7) is 0. The summed E-state index contributed by atoms with van der Waals surface area (Å²) in [6.07, 6.45) is 0.560. The van der Waals surface area contributed by atoms with Gasteiger partial charge in [-0.1, -0.05) is 18.2 Å². The van der Waals surface area contributed by atoms with E-state index in [0.29, 0.717) is 6.42 Å². The number of carboxylic acids is 1. The van der Waals surface area contributed by atoms with Crippen molar-refractivity contribution in [2.45, 2.75) is 6.42 Å². The number of benzene rings is 1. The predicted octanol–water partition coefficient (Wildman–Crippen LogP) is 1.71. The van der Waals surface area contributed by atoms with E-state index in [-0.39, 0.29) is 5.69 Å². The van der Waals surface area contributed by atoms with Crippen molar-refractivity contribution < 1.29 is 14.6 Å². The maximum Gasteiger partial charge on any atom is 0.356 e. The molecule has 2 N–H and O–H groups in total. The summed E-state index contributed by atoms with van der Waals surface area (Å²) < 4.78 is 5.22. The second-order valence-corrected chi connectivity index (χ2v) is 3.57. The third-order valence-corrected chi connectivity index (χ3v) is 2.42. The van der Waals surface area contributed by atoms with Crippen LogP contribution in [0.25, 0.3) is 0 Å². The zero-order chi connectivity index (χ0) is 12.3. The molecule has 2 aromatic rings. The van der Waals surface area contributed by atoms with Gasteiger partial charge in [0.05, 0.1) is 7.11 Å². The molecule has 0 spiro atoms. The Hall–Kier alpha value is -2.30. The van der Waals surface area contributed by atoms with Crippen molar-refractivity contribution in [2.24, 2.45) is 0 Å². The Morgan fingerprint density at radius 2 is 2.24 bits per heavy atom. The Kier molecular flexibility index (Phi) is 3.09. The van der Waals surface area contributed by atoms with Gasteiger partial charge in [0.15, 0.2) is 5.69 Å². The zero-order valence-corrected chi connectivity index (χ0v) is 9.30. The largest absolute Gasteiger partial charge is 0.496 e. The molecule has 0 saturated heterocycles. The summed E-state index contributed by atoms with van der Waals surface area (Å²) >= 11 is 0. The van der Waals surface area contributed by atoms with Gasteiger partial charge in [-0.05, 0) is 12.1 Å². The molecule has 2 rings (SSSR count). The molecule has 0 aliphatic rings. The standard InChI is InChI=1S/C12H12N2O3/c1-17-11-5-3-2-4-8(11)6-9-7-10(12(15)16)14-13-9/h2-5,7H,6H2,1H3,(H,13,14)(H,15,16). The highest BCUT2D eigenvalue weighted by molar-refractivity contribution is 5.85. The first-order valence-corrected chi connectivity index (χ1v) is 5.10. The molecule has 1 aromatic heterocycles. The van der Waals surface area contributed by atoms with E-state index in [1.54, 1.807) is 7.11 Å². The van der Waals surface area contributed by atoms with Crippen LogP contribution in [0.2, 0.25) is 0 Å². The van der Waals surface area contributed by atoms with Crippen LogP contribution < -0.4 is 4.74 Å². The molecule has 0 unspecified atom stereocenters. The number of carboxylic acid groups (broad SMARTS) is 1. The van der Waals surface area contributed by atoms with Crippen LogP contribution in [0, 0.1) is 0 Å². The summed E-state index contributed by atoms with van der Waals surface area (Å²) in [5.74, 6) is -0.258. The van der Waals surface area contributed by atoms with E-state index in [0.717, 1.165) is 17.0 Å². The van der Waals surface area contributed by atoms with E-state index in [1.165, 1.54) is 6.07 Å². The van der Waals surface area contributed by atoms with E-state index in [9.17, 15) is 4.79 Å². The van der Waals surface area contributed by atoms with Crippen molar-refractivity contribution in [3.8, 4) is 5.75 Å². The van der Waals surface area contributed by atoms with Crippen molar-refractivity contribution in [1.82, 2.24) is 10.2 Å². The SMILES string of the molecule is COc1ccccc1Cc1cc(C(=O)O)n[nH]1. The maximum atomic E-state index is 10.7. The van der Waals surface area contributed by atoms with Crippen LogP contribution >= 0.6 is 0 Å². The number of para-hydroxylation sites is 1. The predicted molar refractivity (Wildman–Crippen MR) is 61.3 cm³/mol. The van der Waals surface area contributed by atoms with Gasteiger partial charge in [-0.25, -0.2) is 4.79 Å². The molecule has 1 aromatic carbocycles. The van der Waals surface area contributed by atoms with Gasteiger partial charge in [-0.15, -0.1) is 0 Å². The van der Waals surface area contributed by atoms with Gasteiger partial charge in [0.1, 0.15) is 5.75 Å². The highest BCUT2D eigenvalue weighted by Crippen LogP contribution is 2.20. The molecule has 0 atom stereocenters. The second kappa shape index (κ2) is 4.69. The Morgan fingerprint density at radius 1 is 1.47 bits per heavy atom. The van der Waals surface area contributed by atoms with Crippen molar-refractivity contribution in [3.63, 3.8) is 0 Å². The molecule has 0 amide bonds. The molecular weight excluding hydrogens is 220 g/mol. The number of hydrogen-bond acceptors (Lipinski definition) is 3. The third kappa shape index (κ3) is 2.44. The number of hydrogen-bond donors (Lipinski definition) is 2. The molecule has 0 fully saturated rings. The van der Waals surface area contributed by atoms with Crippen LogP contribution in [-0.2, 0) is 6.42 Å². The quantitative estimate of drug-likeness (QED) is 0.841. The van der Waals surface area contributed by atoms with E-state index in [2.05, 4.69) is 10.2 Å². The van der Waals surface area contributed by atoms with Gasteiger partial charge >= 0.3 is 5.97 Å². The fourth-order valence-electron chi connectivity index (χ4n) is 1.62. The number of methoxy groups -OCH3 is 1. The first kappa shape index (κ1) is 11.2. The second-order valence-electron chi connectivity index (χ2n) is 3.57. The summed E-state index contributed by atoms with van der Waals surface area (Å²) in [4.78, 5) is 10.7. The summed E-state index contributed by atoms with van der Waals surface area (Å²) in [5, 5.41) is 15.2. The third-order valence-electron chi connectivity index (χ3n) is 2.42. The minimum Gasteiger partial charge on any atom is -0.496 e. The van der Waals surface area contributed by atoms with E-state index < -0.39 is 5.97 Å². The number of rotatable bonds is 4.